The molecule has 0 aliphatic heterocycles. The Morgan fingerprint density at radius 1 is 0.867 bits per heavy atom. The van der Waals surface area contributed by atoms with E-state index in [-0.39, 0.29) is 0 Å². The van der Waals surface area contributed by atoms with Gasteiger partial charge >= 0.3 is 0 Å². The van der Waals surface area contributed by atoms with Crippen LogP contribution in [0.2, 0.25) is 0 Å². The fourth-order valence-corrected chi connectivity index (χ4v) is 1.63. The third-order valence-electron chi connectivity index (χ3n) is 2.43. The average Bonchev–Trinajstić information content (AvgIpc) is 2.20. The SMILES string of the molecule is Cc1ccc(-c2c(C)ncnc2C)cn1. The Morgan fingerprint density at radius 2 is 1.53 bits per heavy atom. The highest BCUT2D eigenvalue weighted by atomic mass is 14.8. The lowest BCUT2D eigenvalue weighted by Gasteiger charge is -2.07. The van der Waals surface area contributed by atoms with Crippen LogP contribution in [0.4, 0.5) is 0 Å². The van der Waals surface area contributed by atoms with E-state index in [1.54, 1.807) is 6.33 Å². The van der Waals surface area contributed by atoms with Crippen molar-refractivity contribution in [1.29, 1.82) is 0 Å². The second kappa shape index (κ2) is 3.77. The summed E-state index contributed by atoms with van der Waals surface area (Å²) in [5, 5.41) is 0. The minimum atomic E-state index is 0.994. The number of nitrogens with zero attached hydrogens (tertiary/aromatic N) is 3. The van der Waals surface area contributed by atoms with Crippen molar-refractivity contribution in [3.8, 4) is 11.1 Å². The lowest BCUT2D eigenvalue weighted by molar-refractivity contribution is 1.05. The maximum atomic E-state index is 4.28. The molecule has 0 amide bonds. The summed E-state index contributed by atoms with van der Waals surface area (Å²) < 4.78 is 0. The smallest absolute Gasteiger partial charge is 0.115 e. The van der Waals surface area contributed by atoms with Crippen molar-refractivity contribution in [2.45, 2.75) is 20.8 Å². The summed E-state index contributed by atoms with van der Waals surface area (Å²) in [6.07, 6.45) is 3.46. The highest BCUT2D eigenvalue weighted by Crippen LogP contribution is 2.23. The van der Waals surface area contributed by atoms with Crippen molar-refractivity contribution in [1.82, 2.24) is 15.0 Å². The van der Waals surface area contributed by atoms with E-state index in [9.17, 15) is 0 Å². The lowest BCUT2D eigenvalue weighted by atomic mass is 10.0. The van der Waals surface area contributed by atoms with Crippen LogP contribution in [0.15, 0.2) is 24.7 Å². The molecule has 0 saturated carbocycles. The molecule has 0 aromatic carbocycles. The molecule has 0 spiro atoms. The quantitative estimate of drug-likeness (QED) is 0.708. The summed E-state index contributed by atoms with van der Waals surface area (Å²) >= 11 is 0. The second-order valence-corrected chi connectivity index (χ2v) is 3.61. The number of pyridine rings is 1. The lowest BCUT2D eigenvalue weighted by Crippen LogP contribution is -1.95. The summed E-state index contributed by atoms with van der Waals surface area (Å²) in [5.41, 5.74) is 5.17. The molecule has 3 heteroatoms. The third-order valence-corrected chi connectivity index (χ3v) is 2.43. The molecular formula is C12H13N3. The Kier molecular flexibility index (Phi) is 2.46. The molecule has 0 aliphatic rings. The minimum absolute atomic E-state index is 0.994. The van der Waals surface area contributed by atoms with Crippen molar-refractivity contribution >= 4 is 0 Å². The van der Waals surface area contributed by atoms with E-state index >= 15 is 0 Å². The van der Waals surface area contributed by atoms with Gasteiger partial charge in [0.25, 0.3) is 0 Å². The van der Waals surface area contributed by atoms with Crippen molar-refractivity contribution in [2.24, 2.45) is 0 Å². The molecule has 0 radical (unpaired) electrons. The van der Waals surface area contributed by atoms with Gasteiger partial charge in [0.2, 0.25) is 0 Å². The van der Waals surface area contributed by atoms with Crippen LogP contribution < -0.4 is 0 Å². The molecule has 0 fully saturated rings. The highest BCUT2D eigenvalue weighted by Gasteiger charge is 2.07. The van der Waals surface area contributed by atoms with Crippen LogP contribution in [0.3, 0.4) is 0 Å². The topological polar surface area (TPSA) is 38.7 Å². The number of rotatable bonds is 1. The van der Waals surface area contributed by atoms with Gasteiger partial charge in [-0.05, 0) is 26.8 Å². The summed E-state index contributed by atoms with van der Waals surface area (Å²) in [6.45, 7) is 5.96. The molecule has 15 heavy (non-hydrogen) atoms. The average molecular weight is 199 g/mol. The van der Waals surface area contributed by atoms with Crippen LogP contribution >= 0.6 is 0 Å². The van der Waals surface area contributed by atoms with Crippen LogP contribution in [-0.4, -0.2) is 15.0 Å². The molecule has 0 unspecified atom stereocenters. The zero-order valence-corrected chi connectivity index (χ0v) is 9.15. The van der Waals surface area contributed by atoms with E-state index in [1.807, 2.05) is 33.0 Å². The van der Waals surface area contributed by atoms with Crippen molar-refractivity contribution < 1.29 is 0 Å². The minimum Gasteiger partial charge on any atom is -0.261 e. The molecule has 2 aromatic rings. The van der Waals surface area contributed by atoms with Gasteiger partial charge in [-0.15, -0.1) is 0 Å². The van der Waals surface area contributed by atoms with Crippen LogP contribution in [0, 0.1) is 20.8 Å². The summed E-state index contributed by atoms with van der Waals surface area (Å²) in [5.74, 6) is 0. The molecule has 0 bridgehead atoms. The molecule has 2 rings (SSSR count). The zero-order chi connectivity index (χ0) is 10.8. The third kappa shape index (κ3) is 1.86. The Labute approximate surface area is 89.2 Å². The largest absolute Gasteiger partial charge is 0.261 e. The van der Waals surface area contributed by atoms with Gasteiger partial charge in [0.1, 0.15) is 6.33 Å². The summed E-state index contributed by atoms with van der Waals surface area (Å²) in [4.78, 5) is 12.7. The van der Waals surface area contributed by atoms with E-state index in [0.29, 0.717) is 0 Å². The number of hydrogen-bond donors (Lipinski definition) is 0. The zero-order valence-electron chi connectivity index (χ0n) is 9.15. The van der Waals surface area contributed by atoms with Crippen LogP contribution in [0.1, 0.15) is 17.1 Å². The van der Waals surface area contributed by atoms with Crippen molar-refractivity contribution in [3.63, 3.8) is 0 Å². The molecule has 0 atom stereocenters. The van der Waals surface area contributed by atoms with Gasteiger partial charge in [-0.25, -0.2) is 9.97 Å². The first-order valence-corrected chi connectivity index (χ1v) is 4.89. The van der Waals surface area contributed by atoms with E-state index in [1.165, 1.54) is 0 Å². The second-order valence-electron chi connectivity index (χ2n) is 3.61. The van der Waals surface area contributed by atoms with Crippen LogP contribution in [0.25, 0.3) is 11.1 Å². The maximum Gasteiger partial charge on any atom is 0.115 e. The molecule has 76 valence electrons. The van der Waals surface area contributed by atoms with Gasteiger partial charge in [0, 0.05) is 34.4 Å². The Bertz CT molecular complexity index is 454. The highest BCUT2D eigenvalue weighted by molar-refractivity contribution is 5.66. The van der Waals surface area contributed by atoms with Gasteiger partial charge in [0.15, 0.2) is 0 Å². The first-order chi connectivity index (χ1) is 7.18. The molecule has 0 N–H and O–H groups in total. The summed E-state index contributed by atoms with van der Waals surface area (Å²) in [6, 6.07) is 4.06. The fraction of sp³-hybridized carbons (Fsp3) is 0.250. The standard InChI is InChI=1S/C12H13N3/c1-8-4-5-11(6-13-8)12-9(2)14-7-15-10(12)3/h4-7H,1-3H3. The first kappa shape index (κ1) is 9.77. The maximum absolute atomic E-state index is 4.28. The van der Waals surface area contributed by atoms with Gasteiger partial charge in [-0.2, -0.15) is 0 Å². The number of aromatic nitrogens is 3. The van der Waals surface area contributed by atoms with E-state index in [0.717, 1.165) is 28.2 Å². The van der Waals surface area contributed by atoms with Crippen LogP contribution in [0.5, 0.6) is 0 Å². The molecule has 2 heterocycles. The van der Waals surface area contributed by atoms with Gasteiger partial charge in [-0.3, -0.25) is 4.98 Å². The van der Waals surface area contributed by atoms with E-state index < -0.39 is 0 Å². The fourth-order valence-electron chi connectivity index (χ4n) is 1.63. The monoisotopic (exact) mass is 199 g/mol. The molecule has 0 aliphatic carbocycles. The Morgan fingerprint density at radius 3 is 2.07 bits per heavy atom. The first-order valence-electron chi connectivity index (χ1n) is 4.89. The van der Waals surface area contributed by atoms with Gasteiger partial charge < -0.3 is 0 Å². The van der Waals surface area contributed by atoms with Crippen molar-refractivity contribution in [2.75, 3.05) is 0 Å². The number of hydrogen-bond acceptors (Lipinski definition) is 3. The van der Waals surface area contributed by atoms with Gasteiger partial charge in [-0.1, -0.05) is 6.07 Å². The normalized spacial score (nSPS) is 10.3. The Hall–Kier alpha value is -1.77. The van der Waals surface area contributed by atoms with Crippen LogP contribution in [-0.2, 0) is 0 Å². The van der Waals surface area contributed by atoms with E-state index in [4.69, 9.17) is 0 Å². The summed E-state index contributed by atoms with van der Waals surface area (Å²) in [7, 11) is 0. The van der Waals surface area contributed by atoms with Crippen molar-refractivity contribution in [3.05, 3.63) is 41.7 Å². The predicted molar refractivity (Wildman–Crippen MR) is 59.5 cm³/mol. The predicted octanol–water partition coefficient (Wildman–Crippen LogP) is 2.46. The molecule has 0 saturated heterocycles. The number of aryl methyl sites for hydroxylation is 3. The molecule has 3 nitrogen and oxygen atoms in total. The van der Waals surface area contributed by atoms with E-state index in [2.05, 4.69) is 21.0 Å². The van der Waals surface area contributed by atoms with Gasteiger partial charge in [0.05, 0.1) is 0 Å². The Balaban J connectivity index is 2.58. The molecule has 2 aromatic heterocycles. The molecular weight excluding hydrogens is 186 g/mol.